The molecule has 4 atom stereocenters. The minimum Gasteiger partial charge on any atom is -0.465 e. The van der Waals surface area contributed by atoms with Crippen molar-refractivity contribution in [1.29, 1.82) is 0 Å². The number of phosphoric ester groups is 1. The van der Waals surface area contributed by atoms with Crippen molar-refractivity contribution in [3.63, 3.8) is 0 Å². The van der Waals surface area contributed by atoms with Crippen molar-refractivity contribution in [2.24, 2.45) is 10.8 Å². The fourth-order valence-corrected chi connectivity index (χ4v) is 5.96. The molecule has 3 N–H and O–H groups in total. The number of aromatic amines is 1. The van der Waals surface area contributed by atoms with E-state index in [1.165, 1.54) is 40.8 Å². The van der Waals surface area contributed by atoms with Crippen LogP contribution < -0.4 is 11.2 Å². The van der Waals surface area contributed by atoms with Crippen LogP contribution in [0.25, 0.3) is 0 Å². The van der Waals surface area contributed by atoms with Gasteiger partial charge in [-0.15, -0.1) is 0 Å². The highest BCUT2D eigenvalue weighted by Gasteiger charge is 2.54. The minimum atomic E-state index is -5.30. The number of aliphatic hydroxyl groups is 2. The first kappa shape index (κ1) is 46.1. The number of ether oxygens (including phenoxy) is 7. The number of esters is 5. The van der Waals surface area contributed by atoms with Crippen LogP contribution in [0.3, 0.4) is 0 Å². The molecule has 1 fully saturated rings. The van der Waals surface area contributed by atoms with Crippen LogP contribution in [-0.2, 0) is 75.3 Å². The van der Waals surface area contributed by atoms with Gasteiger partial charge in [0, 0.05) is 25.1 Å². The zero-order valence-corrected chi connectivity index (χ0v) is 31.6. The third-order valence-corrected chi connectivity index (χ3v) is 8.98. The Bertz CT molecular complexity index is 1590. The highest BCUT2D eigenvalue weighted by molar-refractivity contribution is 7.48. The highest BCUT2D eigenvalue weighted by atomic mass is 31.2. The van der Waals surface area contributed by atoms with Crippen LogP contribution in [0.4, 0.5) is 0 Å². The standard InChI is InChI=1S/C31H47N2O20P/c1-7-45-25(38)30(14-34,26(39)46-8-2)16-51-54(43,50-13-22-21(36)11-23(53-22)33-12-19(5)24(37)32-29(33)42)52-17-31(27(40)47-9-3,28(41)48-10-4)15-44-18-49-20(6)35/h12,21-23,34,36H,7-11,13-18H2,1-6H3,(H,32,37,42)/t21-,22+,23+,54?/m0/s1. The van der Waals surface area contributed by atoms with Gasteiger partial charge in [-0.3, -0.25) is 51.9 Å². The lowest BCUT2D eigenvalue weighted by Gasteiger charge is -2.31. The molecule has 0 amide bonds. The summed E-state index contributed by atoms with van der Waals surface area (Å²) in [5, 5.41) is 21.0. The topological polar surface area (TPSA) is 290 Å². The lowest BCUT2D eigenvalue weighted by Crippen LogP contribution is -2.50. The molecule has 0 aliphatic carbocycles. The SMILES string of the molecule is CCOC(=O)C(CO)(COP(=O)(OC[C@H]1O[C@@H](n2cc(C)c(=O)[nH]c2=O)C[C@@H]1O)OCC(COCOC(C)=O)(C(=O)OCC)C(=O)OCC)C(=O)OCC. The van der Waals surface area contributed by atoms with Crippen LogP contribution in [0, 0.1) is 17.8 Å². The molecule has 0 saturated carbocycles. The normalized spacial score (nSPS) is 18.3. The molecule has 2 rings (SSSR count). The number of carbonyl (C=O) groups is 5. The lowest BCUT2D eigenvalue weighted by molar-refractivity contribution is -0.185. The molecule has 1 aromatic heterocycles. The Labute approximate surface area is 308 Å². The summed E-state index contributed by atoms with van der Waals surface area (Å²) < 4.78 is 67.5. The second-order valence-electron chi connectivity index (χ2n) is 11.5. The Kier molecular flexibility index (Phi) is 18.1. The van der Waals surface area contributed by atoms with E-state index in [0.717, 1.165) is 11.5 Å². The summed E-state index contributed by atoms with van der Waals surface area (Å²) in [5.41, 5.74) is -6.60. The average molecular weight is 799 g/mol. The van der Waals surface area contributed by atoms with Crippen molar-refractivity contribution in [3.8, 4) is 0 Å². The van der Waals surface area contributed by atoms with E-state index >= 15 is 0 Å². The van der Waals surface area contributed by atoms with Gasteiger partial charge in [0.05, 0.1) is 65.6 Å². The first-order chi connectivity index (χ1) is 25.5. The van der Waals surface area contributed by atoms with Crippen LogP contribution >= 0.6 is 7.82 Å². The molecule has 1 aliphatic rings. The Morgan fingerprint density at radius 2 is 1.35 bits per heavy atom. The predicted octanol–water partition coefficient (Wildman–Crippen LogP) is -0.594. The Hall–Kier alpha value is -4.02. The van der Waals surface area contributed by atoms with E-state index in [-0.39, 0.29) is 38.4 Å². The molecule has 0 bridgehead atoms. The number of aromatic nitrogens is 2. The molecule has 0 radical (unpaired) electrons. The van der Waals surface area contributed by atoms with Gasteiger partial charge < -0.3 is 43.4 Å². The van der Waals surface area contributed by atoms with Gasteiger partial charge in [0.2, 0.25) is 10.8 Å². The monoisotopic (exact) mass is 798 g/mol. The maximum atomic E-state index is 14.4. The van der Waals surface area contributed by atoms with E-state index in [9.17, 15) is 48.3 Å². The third-order valence-electron chi connectivity index (χ3n) is 7.62. The van der Waals surface area contributed by atoms with Gasteiger partial charge in [0.25, 0.3) is 5.56 Å². The van der Waals surface area contributed by atoms with E-state index < -0.39 is 118 Å². The molecule has 1 aromatic rings. The molecule has 1 aliphatic heterocycles. The maximum absolute atomic E-state index is 14.4. The molecule has 0 spiro atoms. The second kappa shape index (κ2) is 21.2. The van der Waals surface area contributed by atoms with Crippen molar-refractivity contribution in [1.82, 2.24) is 9.55 Å². The van der Waals surface area contributed by atoms with Crippen LogP contribution in [-0.4, -0.2) is 128 Å². The van der Waals surface area contributed by atoms with Crippen LogP contribution in [0.15, 0.2) is 15.8 Å². The van der Waals surface area contributed by atoms with Crippen molar-refractivity contribution in [3.05, 3.63) is 32.6 Å². The van der Waals surface area contributed by atoms with E-state index in [1.807, 2.05) is 0 Å². The largest absolute Gasteiger partial charge is 0.474 e. The number of carbonyl (C=O) groups excluding carboxylic acids is 5. The van der Waals surface area contributed by atoms with Gasteiger partial charge in [-0.2, -0.15) is 0 Å². The molecule has 1 saturated heterocycles. The number of hydrogen-bond acceptors (Lipinski definition) is 20. The fourth-order valence-electron chi connectivity index (χ4n) is 4.65. The van der Waals surface area contributed by atoms with E-state index in [0.29, 0.717) is 0 Å². The quantitative estimate of drug-likeness (QED) is 0.0311. The molecular formula is C31H47N2O20P. The van der Waals surface area contributed by atoms with Gasteiger partial charge in [0.15, 0.2) is 6.79 Å². The maximum Gasteiger partial charge on any atom is 0.474 e. The van der Waals surface area contributed by atoms with E-state index in [1.54, 1.807) is 0 Å². The van der Waals surface area contributed by atoms with Crippen molar-refractivity contribution >= 4 is 37.7 Å². The van der Waals surface area contributed by atoms with Gasteiger partial charge >= 0.3 is 43.4 Å². The number of phosphoric acid groups is 1. The van der Waals surface area contributed by atoms with Crippen LogP contribution in [0.2, 0.25) is 0 Å². The molecule has 22 nitrogen and oxygen atoms in total. The van der Waals surface area contributed by atoms with Gasteiger partial charge in [0.1, 0.15) is 12.3 Å². The molecule has 306 valence electrons. The number of hydrogen-bond donors (Lipinski definition) is 3. The number of aryl methyl sites for hydroxylation is 1. The number of nitrogens with zero attached hydrogens (tertiary/aromatic N) is 1. The molecule has 23 heteroatoms. The second-order valence-corrected chi connectivity index (χ2v) is 13.2. The van der Waals surface area contributed by atoms with E-state index in [4.69, 9.17) is 46.7 Å². The summed E-state index contributed by atoms with van der Waals surface area (Å²) >= 11 is 0. The minimum absolute atomic E-state index is 0.151. The third kappa shape index (κ3) is 11.7. The van der Waals surface area contributed by atoms with Crippen molar-refractivity contribution < 1.29 is 85.5 Å². The number of rotatable bonds is 23. The first-order valence-corrected chi connectivity index (χ1v) is 18.2. The molecule has 1 unspecified atom stereocenters. The van der Waals surface area contributed by atoms with Gasteiger partial charge in [-0.1, -0.05) is 0 Å². The van der Waals surface area contributed by atoms with Crippen molar-refractivity contribution in [2.45, 2.75) is 66.4 Å². The zero-order valence-electron chi connectivity index (χ0n) is 30.7. The smallest absolute Gasteiger partial charge is 0.465 e. The van der Waals surface area contributed by atoms with Crippen molar-refractivity contribution in [2.75, 3.05) is 66.3 Å². The molecule has 54 heavy (non-hydrogen) atoms. The Morgan fingerprint density at radius 1 is 0.852 bits per heavy atom. The van der Waals surface area contributed by atoms with Gasteiger partial charge in [-0.05, 0) is 34.6 Å². The molecule has 0 aromatic carbocycles. The zero-order chi connectivity index (χ0) is 40.7. The Balaban J connectivity index is 2.56. The first-order valence-electron chi connectivity index (χ1n) is 16.7. The Morgan fingerprint density at radius 3 is 1.83 bits per heavy atom. The summed E-state index contributed by atoms with van der Waals surface area (Å²) in [7, 11) is -5.30. The summed E-state index contributed by atoms with van der Waals surface area (Å²) in [6.45, 7) is 0.655. The fraction of sp³-hybridized carbons (Fsp3) is 0.710. The number of aliphatic hydroxyl groups excluding tert-OH is 2. The highest BCUT2D eigenvalue weighted by Crippen LogP contribution is 2.53. The average Bonchev–Trinajstić information content (AvgIpc) is 3.49. The molecular weight excluding hydrogens is 751 g/mol. The number of H-pyrrole nitrogens is 1. The number of nitrogens with one attached hydrogen (secondary N) is 1. The predicted molar refractivity (Wildman–Crippen MR) is 177 cm³/mol. The lowest BCUT2D eigenvalue weighted by atomic mass is 9.90. The summed E-state index contributed by atoms with van der Waals surface area (Å²) in [4.78, 5) is 90.4. The summed E-state index contributed by atoms with van der Waals surface area (Å²) in [6.07, 6.45) is -2.95. The van der Waals surface area contributed by atoms with Crippen LogP contribution in [0.5, 0.6) is 0 Å². The summed E-state index contributed by atoms with van der Waals surface area (Å²) in [5.74, 6) is -6.07. The summed E-state index contributed by atoms with van der Waals surface area (Å²) in [6, 6.07) is 0. The van der Waals surface area contributed by atoms with Gasteiger partial charge in [-0.25, -0.2) is 9.36 Å². The van der Waals surface area contributed by atoms with E-state index in [2.05, 4.69) is 4.98 Å². The van der Waals surface area contributed by atoms with Crippen LogP contribution in [0.1, 0.15) is 52.8 Å². The molecule has 2 heterocycles.